The molecule has 0 aromatic heterocycles. The number of aliphatic hydroxyl groups excluding tert-OH is 1. The summed E-state index contributed by atoms with van der Waals surface area (Å²) in [5.74, 6) is 0.531. The number of ether oxygens (including phenoxy) is 2. The summed E-state index contributed by atoms with van der Waals surface area (Å²) in [5, 5.41) is 13.6. The summed E-state index contributed by atoms with van der Waals surface area (Å²) in [6.07, 6.45) is 0.650. The van der Waals surface area contributed by atoms with Gasteiger partial charge in [-0.1, -0.05) is 12.1 Å². The molecule has 0 spiro atoms. The van der Waals surface area contributed by atoms with E-state index in [-0.39, 0.29) is 11.8 Å². The van der Waals surface area contributed by atoms with Crippen LogP contribution in [0.15, 0.2) is 36.4 Å². The third-order valence-corrected chi connectivity index (χ3v) is 4.38. The topological polar surface area (TPSA) is 67.8 Å². The molecule has 1 heterocycles. The Hall–Kier alpha value is -2.60. The summed E-state index contributed by atoms with van der Waals surface area (Å²) in [4.78, 5) is 12.2. The van der Waals surface area contributed by atoms with Crippen molar-refractivity contribution in [1.29, 1.82) is 0 Å². The zero-order chi connectivity index (χ0) is 17.4. The van der Waals surface area contributed by atoms with Gasteiger partial charge in [-0.2, -0.15) is 0 Å². The molecule has 0 saturated heterocycles. The van der Waals surface area contributed by atoms with Crippen LogP contribution in [0.4, 0.5) is 10.1 Å². The van der Waals surface area contributed by atoms with Crippen molar-refractivity contribution in [3.63, 3.8) is 0 Å². The van der Waals surface area contributed by atoms with E-state index in [1.165, 1.54) is 18.2 Å². The molecule has 2 aromatic carbocycles. The molecule has 1 saturated carbocycles. The van der Waals surface area contributed by atoms with Crippen molar-refractivity contribution < 1.29 is 23.8 Å². The van der Waals surface area contributed by atoms with Crippen LogP contribution in [0.5, 0.6) is 11.5 Å². The molecular weight excluding hydrogens is 325 g/mol. The van der Waals surface area contributed by atoms with Gasteiger partial charge in [0.2, 0.25) is 5.91 Å². The Morgan fingerprint density at radius 1 is 1.16 bits per heavy atom. The van der Waals surface area contributed by atoms with Crippen molar-refractivity contribution in [2.75, 3.05) is 18.5 Å². The molecule has 1 fully saturated rings. The number of rotatable bonds is 4. The van der Waals surface area contributed by atoms with Gasteiger partial charge in [0.25, 0.3) is 0 Å². The van der Waals surface area contributed by atoms with Gasteiger partial charge >= 0.3 is 0 Å². The summed E-state index contributed by atoms with van der Waals surface area (Å²) in [5.41, 5.74) is 1.31. The van der Waals surface area contributed by atoms with Crippen LogP contribution in [0, 0.1) is 11.7 Å². The largest absolute Gasteiger partial charge is 0.486 e. The van der Waals surface area contributed by atoms with Crippen LogP contribution in [0.1, 0.15) is 30.1 Å². The van der Waals surface area contributed by atoms with Crippen molar-refractivity contribution in [1.82, 2.24) is 0 Å². The van der Waals surface area contributed by atoms with Gasteiger partial charge in [-0.15, -0.1) is 0 Å². The second-order valence-corrected chi connectivity index (χ2v) is 6.30. The number of anilines is 1. The van der Waals surface area contributed by atoms with E-state index in [4.69, 9.17) is 9.47 Å². The number of benzene rings is 2. The van der Waals surface area contributed by atoms with Gasteiger partial charge in [0.1, 0.15) is 25.1 Å². The smallest absolute Gasteiger partial charge is 0.227 e. The lowest BCUT2D eigenvalue weighted by molar-refractivity contribution is -0.117. The number of carbonyl (C=O) groups is 1. The fraction of sp³-hybridized carbons (Fsp3) is 0.316. The standard InChI is InChI=1S/C19H18FNO4/c20-13-3-1-2-12(8-13)18(22)14-9-16-17(25-7-6-24-16)10-15(14)21-19(23)11-4-5-11/h1-3,8-11,18,22H,4-7H2,(H,21,23)/t18-/m1/s1. The number of hydrogen-bond acceptors (Lipinski definition) is 4. The predicted octanol–water partition coefficient (Wildman–Crippen LogP) is 3.03. The van der Waals surface area contributed by atoms with Crippen molar-refractivity contribution >= 4 is 11.6 Å². The lowest BCUT2D eigenvalue weighted by atomic mass is 9.98. The zero-order valence-electron chi connectivity index (χ0n) is 13.5. The molecule has 130 valence electrons. The Balaban J connectivity index is 1.73. The lowest BCUT2D eigenvalue weighted by Crippen LogP contribution is -2.19. The highest BCUT2D eigenvalue weighted by Gasteiger charge is 2.31. The number of fused-ring (bicyclic) bond motifs is 1. The van der Waals surface area contributed by atoms with Crippen LogP contribution < -0.4 is 14.8 Å². The molecule has 1 aliphatic carbocycles. The number of nitrogens with one attached hydrogen (secondary N) is 1. The van der Waals surface area contributed by atoms with E-state index >= 15 is 0 Å². The molecule has 0 unspecified atom stereocenters. The van der Waals surface area contributed by atoms with E-state index in [1.807, 2.05) is 0 Å². The van der Waals surface area contributed by atoms with Gasteiger partial charge < -0.3 is 19.9 Å². The van der Waals surface area contributed by atoms with Crippen molar-refractivity contribution in [2.45, 2.75) is 18.9 Å². The second-order valence-electron chi connectivity index (χ2n) is 6.30. The highest BCUT2D eigenvalue weighted by molar-refractivity contribution is 5.95. The molecule has 2 aliphatic rings. The third kappa shape index (κ3) is 3.30. The quantitative estimate of drug-likeness (QED) is 0.895. The number of hydrogen-bond donors (Lipinski definition) is 2. The molecule has 2 N–H and O–H groups in total. The molecule has 25 heavy (non-hydrogen) atoms. The van der Waals surface area contributed by atoms with E-state index in [2.05, 4.69) is 5.32 Å². The Kier molecular flexibility index (Phi) is 4.05. The second kappa shape index (κ2) is 6.37. The van der Waals surface area contributed by atoms with Crippen LogP contribution in [-0.4, -0.2) is 24.2 Å². The maximum Gasteiger partial charge on any atom is 0.227 e. The minimum atomic E-state index is -1.10. The van der Waals surface area contributed by atoms with Crippen LogP contribution in [0.3, 0.4) is 0 Å². The fourth-order valence-corrected chi connectivity index (χ4v) is 2.88. The molecule has 0 radical (unpaired) electrons. The number of aliphatic hydroxyl groups is 1. The van der Waals surface area contributed by atoms with Gasteiger partial charge in [-0.3, -0.25) is 4.79 Å². The summed E-state index contributed by atoms with van der Waals surface area (Å²) in [6, 6.07) is 9.06. The number of amides is 1. The Labute approximate surface area is 144 Å². The molecular formula is C19H18FNO4. The van der Waals surface area contributed by atoms with E-state index in [1.54, 1.807) is 18.2 Å². The van der Waals surface area contributed by atoms with Crippen molar-refractivity contribution in [3.8, 4) is 11.5 Å². The molecule has 1 atom stereocenters. The fourth-order valence-electron chi connectivity index (χ4n) is 2.88. The number of carbonyl (C=O) groups excluding carboxylic acids is 1. The van der Waals surface area contributed by atoms with Crippen molar-refractivity contribution in [3.05, 3.63) is 53.3 Å². The highest BCUT2D eigenvalue weighted by Crippen LogP contribution is 2.40. The van der Waals surface area contributed by atoms with Crippen LogP contribution >= 0.6 is 0 Å². The number of halogens is 1. The average molecular weight is 343 g/mol. The maximum atomic E-state index is 13.5. The van der Waals surface area contributed by atoms with Crippen LogP contribution in [0.25, 0.3) is 0 Å². The maximum absolute atomic E-state index is 13.5. The van der Waals surface area contributed by atoms with Gasteiger partial charge in [0.15, 0.2) is 11.5 Å². The van der Waals surface area contributed by atoms with E-state index in [9.17, 15) is 14.3 Å². The predicted molar refractivity (Wildman–Crippen MR) is 89.2 cm³/mol. The van der Waals surface area contributed by atoms with Crippen LogP contribution in [0.2, 0.25) is 0 Å². The SMILES string of the molecule is O=C(Nc1cc2c(cc1[C@H](O)c1cccc(F)c1)OCCO2)C1CC1. The van der Waals surface area contributed by atoms with Gasteiger partial charge in [0.05, 0.1) is 5.69 Å². The molecule has 1 amide bonds. The Bertz CT molecular complexity index is 819. The monoisotopic (exact) mass is 343 g/mol. The first-order valence-electron chi connectivity index (χ1n) is 8.30. The minimum absolute atomic E-state index is 0.0207. The zero-order valence-corrected chi connectivity index (χ0v) is 13.5. The lowest BCUT2D eigenvalue weighted by Gasteiger charge is -2.23. The van der Waals surface area contributed by atoms with Gasteiger partial charge in [-0.05, 0) is 36.6 Å². The summed E-state index contributed by atoms with van der Waals surface area (Å²) in [7, 11) is 0. The molecule has 1 aliphatic heterocycles. The van der Waals surface area contributed by atoms with Gasteiger partial charge in [-0.25, -0.2) is 4.39 Å². The highest BCUT2D eigenvalue weighted by atomic mass is 19.1. The first-order valence-corrected chi connectivity index (χ1v) is 8.30. The minimum Gasteiger partial charge on any atom is -0.486 e. The van der Waals surface area contributed by atoms with E-state index in [0.29, 0.717) is 41.5 Å². The summed E-state index contributed by atoms with van der Waals surface area (Å²) >= 11 is 0. The van der Waals surface area contributed by atoms with Crippen LogP contribution in [-0.2, 0) is 4.79 Å². The summed E-state index contributed by atoms with van der Waals surface area (Å²) < 4.78 is 24.6. The van der Waals surface area contributed by atoms with Crippen molar-refractivity contribution in [2.24, 2.45) is 5.92 Å². The first-order chi connectivity index (χ1) is 12.1. The molecule has 2 aromatic rings. The summed E-state index contributed by atoms with van der Waals surface area (Å²) in [6.45, 7) is 0.838. The van der Waals surface area contributed by atoms with E-state index in [0.717, 1.165) is 12.8 Å². The third-order valence-electron chi connectivity index (χ3n) is 4.38. The molecule has 6 heteroatoms. The first kappa shape index (κ1) is 15.9. The average Bonchev–Trinajstić information content (AvgIpc) is 3.46. The molecule has 5 nitrogen and oxygen atoms in total. The Morgan fingerprint density at radius 3 is 2.56 bits per heavy atom. The van der Waals surface area contributed by atoms with Gasteiger partial charge in [0, 0.05) is 17.5 Å². The normalized spacial score (nSPS) is 17.0. The Morgan fingerprint density at radius 2 is 1.88 bits per heavy atom. The molecule has 0 bridgehead atoms. The molecule has 4 rings (SSSR count). The van der Waals surface area contributed by atoms with E-state index < -0.39 is 11.9 Å².